The Morgan fingerprint density at radius 2 is 2.05 bits per heavy atom. The second kappa shape index (κ2) is 7.76. The van der Waals surface area contributed by atoms with E-state index in [9.17, 15) is 0 Å². The lowest BCUT2D eigenvalue weighted by molar-refractivity contribution is 0.309. The zero-order chi connectivity index (χ0) is 15.1. The maximum absolute atomic E-state index is 5.47. The lowest BCUT2D eigenvalue weighted by Crippen LogP contribution is -2.18. The van der Waals surface area contributed by atoms with Gasteiger partial charge in [-0.05, 0) is 43.4 Å². The highest BCUT2D eigenvalue weighted by Crippen LogP contribution is 2.22. The zero-order valence-electron chi connectivity index (χ0n) is 13.0. The number of nitrogens with zero attached hydrogens (tertiary/aromatic N) is 2. The Labute approximate surface area is 126 Å². The molecule has 21 heavy (non-hydrogen) atoms. The molecular weight excluding hydrogens is 262 g/mol. The van der Waals surface area contributed by atoms with E-state index in [-0.39, 0.29) is 0 Å². The topological polar surface area (TPSA) is 37.4 Å². The molecule has 0 amide bonds. The van der Waals surface area contributed by atoms with Crippen LogP contribution in [0.5, 0.6) is 5.75 Å². The van der Waals surface area contributed by atoms with E-state index < -0.39 is 0 Å². The highest BCUT2D eigenvalue weighted by atomic mass is 16.5. The number of methoxy groups -OCH3 is 1. The first-order valence-electron chi connectivity index (χ1n) is 7.10. The van der Waals surface area contributed by atoms with Crippen LogP contribution in [0.3, 0.4) is 0 Å². The minimum Gasteiger partial charge on any atom is -0.496 e. The summed E-state index contributed by atoms with van der Waals surface area (Å²) in [6.45, 7) is 2.58. The van der Waals surface area contributed by atoms with Gasteiger partial charge >= 0.3 is 0 Å². The molecule has 0 aliphatic carbocycles. The van der Waals surface area contributed by atoms with Gasteiger partial charge in [-0.1, -0.05) is 12.1 Å². The van der Waals surface area contributed by atoms with Crippen LogP contribution in [0.15, 0.2) is 42.7 Å². The highest BCUT2D eigenvalue weighted by molar-refractivity contribution is 5.37. The van der Waals surface area contributed by atoms with Gasteiger partial charge in [0.25, 0.3) is 0 Å². The fraction of sp³-hybridized carbons (Fsp3) is 0.353. The zero-order valence-corrected chi connectivity index (χ0v) is 13.0. The maximum Gasteiger partial charge on any atom is 0.123 e. The SMILES string of the molecule is CNCc1ccc(OC)c(CN(C)Cc2cccnc2)c1. The summed E-state index contributed by atoms with van der Waals surface area (Å²) < 4.78 is 5.47. The van der Waals surface area contributed by atoms with Crippen molar-refractivity contribution in [2.45, 2.75) is 19.6 Å². The number of rotatable bonds is 7. The van der Waals surface area contributed by atoms with E-state index in [1.807, 2.05) is 25.4 Å². The largest absolute Gasteiger partial charge is 0.496 e. The van der Waals surface area contributed by atoms with Crippen molar-refractivity contribution >= 4 is 0 Å². The summed E-state index contributed by atoms with van der Waals surface area (Å²) in [6, 6.07) is 10.4. The van der Waals surface area contributed by atoms with E-state index >= 15 is 0 Å². The van der Waals surface area contributed by atoms with E-state index in [0.717, 1.165) is 25.4 Å². The van der Waals surface area contributed by atoms with Crippen LogP contribution in [0.4, 0.5) is 0 Å². The molecule has 0 saturated heterocycles. The third-order valence-electron chi connectivity index (χ3n) is 3.34. The van der Waals surface area contributed by atoms with Gasteiger partial charge in [-0.2, -0.15) is 0 Å². The minimum atomic E-state index is 0.843. The van der Waals surface area contributed by atoms with Gasteiger partial charge in [0.2, 0.25) is 0 Å². The molecule has 0 aliphatic heterocycles. The molecule has 4 nitrogen and oxygen atoms in total. The Kier molecular flexibility index (Phi) is 5.72. The molecule has 1 heterocycles. The van der Waals surface area contributed by atoms with Crippen LogP contribution >= 0.6 is 0 Å². The van der Waals surface area contributed by atoms with Crippen molar-refractivity contribution in [3.05, 3.63) is 59.4 Å². The van der Waals surface area contributed by atoms with E-state index in [2.05, 4.69) is 40.4 Å². The van der Waals surface area contributed by atoms with Crippen molar-refractivity contribution < 1.29 is 4.74 Å². The fourth-order valence-corrected chi connectivity index (χ4v) is 2.42. The summed E-state index contributed by atoms with van der Waals surface area (Å²) in [5.41, 5.74) is 3.69. The summed E-state index contributed by atoms with van der Waals surface area (Å²) in [7, 11) is 5.79. The number of pyridine rings is 1. The molecule has 2 aromatic rings. The van der Waals surface area contributed by atoms with Crippen LogP contribution in [-0.2, 0) is 19.6 Å². The fourth-order valence-electron chi connectivity index (χ4n) is 2.42. The predicted octanol–water partition coefficient (Wildman–Crippen LogP) is 2.44. The third-order valence-corrected chi connectivity index (χ3v) is 3.34. The molecule has 4 heteroatoms. The maximum atomic E-state index is 5.47. The lowest BCUT2D eigenvalue weighted by atomic mass is 10.1. The number of hydrogen-bond donors (Lipinski definition) is 1. The molecule has 0 unspecified atom stereocenters. The van der Waals surface area contributed by atoms with Crippen molar-refractivity contribution in [1.29, 1.82) is 0 Å². The average Bonchev–Trinajstić information content (AvgIpc) is 2.49. The standard InChI is InChI=1S/C17H23N3O/c1-18-10-14-6-7-17(21-3)16(9-14)13-20(2)12-15-5-4-8-19-11-15/h4-9,11,18H,10,12-13H2,1-3H3. The molecule has 0 atom stereocenters. The van der Waals surface area contributed by atoms with E-state index in [0.29, 0.717) is 0 Å². The normalized spacial score (nSPS) is 10.9. The molecule has 112 valence electrons. The van der Waals surface area contributed by atoms with Crippen molar-refractivity contribution in [3.8, 4) is 5.75 Å². The Morgan fingerprint density at radius 3 is 2.71 bits per heavy atom. The summed E-state index contributed by atoms with van der Waals surface area (Å²) in [5.74, 6) is 0.938. The van der Waals surface area contributed by atoms with Gasteiger partial charge in [0.05, 0.1) is 7.11 Å². The summed E-state index contributed by atoms with van der Waals surface area (Å²) in [4.78, 5) is 6.42. The molecule has 0 spiro atoms. The first-order chi connectivity index (χ1) is 10.2. The molecule has 1 aromatic carbocycles. The summed E-state index contributed by atoms with van der Waals surface area (Å²) in [6.07, 6.45) is 3.71. The Bertz CT molecular complexity index is 557. The van der Waals surface area contributed by atoms with Crippen molar-refractivity contribution in [2.75, 3.05) is 21.2 Å². The monoisotopic (exact) mass is 285 g/mol. The first-order valence-corrected chi connectivity index (χ1v) is 7.10. The number of benzene rings is 1. The lowest BCUT2D eigenvalue weighted by Gasteiger charge is -2.19. The average molecular weight is 285 g/mol. The van der Waals surface area contributed by atoms with Crippen LogP contribution in [0.25, 0.3) is 0 Å². The number of aromatic nitrogens is 1. The Hall–Kier alpha value is -1.91. The molecular formula is C17H23N3O. The minimum absolute atomic E-state index is 0.843. The van der Waals surface area contributed by atoms with Gasteiger partial charge in [0.1, 0.15) is 5.75 Å². The van der Waals surface area contributed by atoms with Crippen LogP contribution in [0, 0.1) is 0 Å². The van der Waals surface area contributed by atoms with Crippen molar-refractivity contribution in [2.24, 2.45) is 0 Å². The van der Waals surface area contributed by atoms with Crippen LogP contribution in [0.1, 0.15) is 16.7 Å². The van der Waals surface area contributed by atoms with Crippen molar-refractivity contribution in [1.82, 2.24) is 15.2 Å². The van der Waals surface area contributed by atoms with E-state index in [4.69, 9.17) is 4.74 Å². The predicted molar refractivity (Wildman–Crippen MR) is 85.2 cm³/mol. The van der Waals surface area contributed by atoms with Crippen molar-refractivity contribution in [3.63, 3.8) is 0 Å². The molecule has 0 aliphatic rings. The molecule has 0 bridgehead atoms. The van der Waals surface area contributed by atoms with Gasteiger partial charge in [-0.25, -0.2) is 0 Å². The molecule has 0 radical (unpaired) electrons. The molecule has 2 rings (SSSR count). The van der Waals surface area contributed by atoms with Gasteiger partial charge in [0, 0.05) is 37.6 Å². The number of ether oxygens (including phenoxy) is 1. The van der Waals surface area contributed by atoms with Gasteiger partial charge in [0.15, 0.2) is 0 Å². The first kappa shape index (κ1) is 15.5. The van der Waals surface area contributed by atoms with E-state index in [1.165, 1.54) is 16.7 Å². The van der Waals surface area contributed by atoms with E-state index in [1.54, 1.807) is 13.3 Å². The van der Waals surface area contributed by atoms with Crippen LogP contribution in [0.2, 0.25) is 0 Å². The van der Waals surface area contributed by atoms with Crippen LogP contribution in [-0.4, -0.2) is 31.1 Å². The molecule has 1 N–H and O–H groups in total. The molecule has 0 saturated carbocycles. The molecule has 1 aromatic heterocycles. The molecule has 0 fully saturated rings. The van der Waals surface area contributed by atoms with Gasteiger partial charge < -0.3 is 10.1 Å². The summed E-state index contributed by atoms with van der Waals surface area (Å²) >= 11 is 0. The summed E-state index contributed by atoms with van der Waals surface area (Å²) in [5, 5.41) is 3.18. The van der Waals surface area contributed by atoms with Gasteiger partial charge in [-0.3, -0.25) is 9.88 Å². The second-order valence-corrected chi connectivity index (χ2v) is 5.21. The number of nitrogens with one attached hydrogen (secondary N) is 1. The highest BCUT2D eigenvalue weighted by Gasteiger charge is 2.08. The second-order valence-electron chi connectivity index (χ2n) is 5.21. The Morgan fingerprint density at radius 1 is 1.19 bits per heavy atom. The van der Waals surface area contributed by atoms with Crippen LogP contribution < -0.4 is 10.1 Å². The number of hydrogen-bond acceptors (Lipinski definition) is 4. The Balaban J connectivity index is 2.08. The quantitative estimate of drug-likeness (QED) is 0.848. The smallest absolute Gasteiger partial charge is 0.123 e. The van der Waals surface area contributed by atoms with Gasteiger partial charge in [-0.15, -0.1) is 0 Å². The third kappa shape index (κ3) is 4.55.